The van der Waals surface area contributed by atoms with Crippen LogP contribution in [0.5, 0.6) is 5.75 Å². The van der Waals surface area contributed by atoms with Crippen molar-refractivity contribution in [2.75, 3.05) is 19.7 Å². The summed E-state index contributed by atoms with van der Waals surface area (Å²) in [5.74, 6) is 0.434. The van der Waals surface area contributed by atoms with Gasteiger partial charge in [0, 0.05) is 24.1 Å². The van der Waals surface area contributed by atoms with Gasteiger partial charge in [0.1, 0.15) is 5.75 Å². The lowest BCUT2D eigenvalue weighted by molar-refractivity contribution is -0.139. The van der Waals surface area contributed by atoms with E-state index in [-0.39, 0.29) is 18.5 Å². The van der Waals surface area contributed by atoms with E-state index in [0.717, 1.165) is 18.7 Å². The number of hydrogen-bond acceptors (Lipinski definition) is 3. The number of carbonyl (C=O) groups is 1. The Hall–Kier alpha value is -1.55. The number of para-hydroxylation sites is 1. The van der Waals surface area contributed by atoms with E-state index in [4.69, 9.17) is 9.84 Å². The predicted octanol–water partition coefficient (Wildman–Crippen LogP) is 2.35. The Balaban J connectivity index is 2.08. The van der Waals surface area contributed by atoms with Crippen LogP contribution in [0, 0.1) is 0 Å². The molecule has 1 aliphatic heterocycles. The third-order valence-electron chi connectivity index (χ3n) is 3.81. The fourth-order valence-electron chi connectivity index (χ4n) is 2.50. The van der Waals surface area contributed by atoms with Gasteiger partial charge in [-0.1, -0.05) is 25.1 Å². The second-order valence-electron chi connectivity index (χ2n) is 5.13. The molecule has 19 heavy (non-hydrogen) atoms. The molecular formula is C15H21NO3. The third kappa shape index (κ3) is 3.26. The van der Waals surface area contributed by atoms with Gasteiger partial charge >= 0.3 is 5.97 Å². The largest absolute Gasteiger partial charge is 0.493 e. The van der Waals surface area contributed by atoms with E-state index in [9.17, 15) is 4.79 Å². The van der Waals surface area contributed by atoms with Crippen molar-refractivity contribution in [1.29, 1.82) is 0 Å². The lowest BCUT2D eigenvalue weighted by Gasteiger charge is -2.28. The topological polar surface area (TPSA) is 49.8 Å². The summed E-state index contributed by atoms with van der Waals surface area (Å²) in [4.78, 5) is 13.0. The zero-order valence-electron chi connectivity index (χ0n) is 11.5. The third-order valence-corrected chi connectivity index (χ3v) is 3.81. The number of nitrogens with zero attached hydrogens (tertiary/aromatic N) is 1. The van der Waals surface area contributed by atoms with Crippen molar-refractivity contribution in [2.45, 2.75) is 32.2 Å². The molecule has 0 fully saturated rings. The molecule has 2 atom stereocenters. The molecule has 0 aromatic heterocycles. The summed E-state index contributed by atoms with van der Waals surface area (Å²) in [5, 5.41) is 9.02. The maximum atomic E-state index is 11.0. The average molecular weight is 263 g/mol. The molecule has 1 aromatic rings. The lowest BCUT2D eigenvalue weighted by Crippen LogP contribution is -2.40. The van der Waals surface area contributed by atoms with Crippen molar-refractivity contribution in [1.82, 2.24) is 4.90 Å². The number of fused-ring (bicyclic) bond motifs is 1. The molecular weight excluding hydrogens is 242 g/mol. The second kappa shape index (κ2) is 6.06. The van der Waals surface area contributed by atoms with Crippen molar-refractivity contribution >= 4 is 5.97 Å². The fraction of sp³-hybridized carbons (Fsp3) is 0.533. The highest BCUT2D eigenvalue weighted by Gasteiger charge is 2.27. The van der Waals surface area contributed by atoms with Gasteiger partial charge < -0.3 is 9.84 Å². The Bertz CT molecular complexity index is 447. The quantitative estimate of drug-likeness (QED) is 0.856. The number of rotatable bonds is 6. The van der Waals surface area contributed by atoms with Crippen LogP contribution in [0.2, 0.25) is 0 Å². The summed E-state index contributed by atoms with van der Waals surface area (Å²) in [6, 6.07) is 8.28. The van der Waals surface area contributed by atoms with Crippen LogP contribution in [0.4, 0.5) is 0 Å². The van der Waals surface area contributed by atoms with Gasteiger partial charge in [0.15, 0.2) is 0 Å². The highest BCUT2D eigenvalue weighted by atomic mass is 16.5. The Morgan fingerprint density at radius 1 is 1.53 bits per heavy atom. The molecule has 0 spiro atoms. The minimum absolute atomic E-state index is 0.0909. The first-order chi connectivity index (χ1) is 9.11. The molecule has 4 nitrogen and oxygen atoms in total. The first kappa shape index (κ1) is 13.9. The van der Waals surface area contributed by atoms with Gasteiger partial charge in [0.2, 0.25) is 0 Å². The van der Waals surface area contributed by atoms with Crippen molar-refractivity contribution in [3.05, 3.63) is 29.8 Å². The summed E-state index contributed by atoms with van der Waals surface area (Å²) in [5.41, 5.74) is 1.20. The van der Waals surface area contributed by atoms with Gasteiger partial charge in [0.05, 0.1) is 13.2 Å². The summed E-state index contributed by atoms with van der Waals surface area (Å²) in [7, 11) is 0. The van der Waals surface area contributed by atoms with E-state index in [1.54, 1.807) is 0 Å². The first-order valence-electron chi connectivity index (χ1n) is 6.79. The zero-order chi connectivity index (χ0) is 13.8. The second-order valence-corrected chi connectivity index (χ2v) is 5.13. The summed E-state index contributed by atoms with van der Waals surface area (Å²) >= 11 is 0. The molecule has 0 aliphatic carbocycles. The number of ether oxygens (including phenoxy) is 1. The number of hydrogen-bond donors (Lipinski definition) is 1. The molecule has 1 aromatic carbocycles. The SMILES string of the molecule is CCC(C)N(CC(=O)O)CC1COc2ccccc21. The number of benzene rings is 1. The van der Waals surface area contributed by atoms with Crippen LogP contribution >= 0.6 is 0 Å². The monoisotopic (exact) mass is 263 g/mol. The van der Waals surface area contributed by atoms with Gasteiger partial charge in [-0.25, -0.2) is 0 Å². The van der Waals surface area contributed by atoms with Crippen LogP contribution in [0.25, 0.3) is 0 Å². The molecule has 0 saturated carbocycles. The maximum absolute atomic E-state index is 11.0. The summed E-state index contributed by atoms with van der Waals surface area (Å²) in [6.07, 6.45) is 0.947. The Labute approximate surface area is 114 Å². The van der Waals surface area contributed by atoms with Crippen LogP contribution in [-0.2, 0) is 4.79 Å². The minimum Gasteiger partial charge on any atom is -0.493 e. The van der Waals surface area contributed by atoms with E-state index in [2.05, 4.69) is 19.9 Å². The van der Waals surface area contributed by atoms with Gasteiger partial charge in [0.25, 0.3) is 0 Å². The first-order valence-corrected chi connectivity index (χ1v) is 6.79. The van der Waals surface area contributed by atoms with Crippen molar-refractivity contribution in [2.24, 2.45) is 0 Å². The van der Waals surface area contributed by atoms with Crippen molar-refractivity contribution in [3.8, 4) is 5.75 Å². The fourth-order valence-corrected chi connectivity index (χ4v) is 2.50. The van der Waals surface area contributed by atoms with Crippen molar-refractivity contribution in [3.63, 3.8) is 0 Å². The normalized spacial score (nSPS) is 19.0. The van der Waals surface area contributed by atoms with Crippen LogP contribution in [0.15, 0.2) is 24.3 Å². The Morgan fingerprint density at radius 2 is 2.26 bits per heavy atom. The Kier molecular flexibility index (Phi) is 4.43. The summed E-state index contributed by atoms with van der Waals surface area (Å²) < 4.78 is 5.66. The van der Waals surface area contributed by atoms with Crippen LogP contribution in [0.1, 0.15) is 31.7 Å². The molecule has 1 N–H and O–H groups in total. The van der Waals surface area contributed by atoms with Crippen LogP contribution in [0.3, 0.4) is 0 Å². The molecule has 4 heteroatoms. The van der Waals surface area contributed by atoms with E-state index in [1.807, 2.05) is 23.1 Å². The molecule has 0 saturated heterocycles. The molecule has 1 heterocycles. The zero-order valence-corrected chi connectivity index (χ0v) is 11.5. The van der Waals surface area contributed by atoms with Gasteiger partial charge in [-0.3, -0.25) is 9.69 Å². The van der Waals surface area contributed by atoms with Crippen LogP contribution < -0.4 is 4.74 Å². The molecule has 2 rings (SSSR count). The number of carboxylic acids is 1. The van der Waals surface area contributed by atoms with E-state index < -0.39 is 5.97 Å². The molecule has 104 valence electrons. The highest BCUT2D eigenvalue weighted by Crippen LogP contribution is 2.34. The highest BCUT2D eigenvalue weighted by molar-refractivity contribution is 5.69. The predicted molar refractivity (Wildman–Crippen MR) is 73.6 cm³/mol. The van der Waals surface area contributed by atoms with Gasteiger partial charge in [-0.2, -0.15) is 0 Å². The smallest absolute Gasteiger partial charge is 0.317 e. The summed E-state index contributed by atoms with van der Waals surface area (Å²) in [6.45, 7) is 5.63. The minimum atomic E-state index is -0.771. The van der Waals surface area contributed by atoms with E-state index in [1.165, 1.54) is 5.56 Å². The van der Waals surface area contributed by atoms with Crippen LogP contribution in [-0.4, -0.2) is 41.7 Å². The maximum Gasteiger partial charge on any atom is 0.317 e. The lowest BCUT2D eigenvalue weighted by atomic mass is 10.00. The Morgan fingerprint density at radius 3 is 2.95 bits per heavy atom. The molecule has 0 radical (unpaired) electrons. The van der Waals surface area contributed by atoms with Crippen molar-refractivity contribution < 1.29 is 14.6 Å². The average Bonchev–Trinajstić information content (AvgIpc) is 2.80. The number of aliphatic carboxylic acids is 1. The molecule has 2 unspecified atom stereocenters. The van der Waals surface area contributed by atoms with Gasteiger partial charge in [-0.05, 0) is 19.4 Å². The molecule has 0 amide bonds. The van der Waals surface area contributed by atoms with Gasteiger partial charge in [-0.15, -0.1) is 0 Å². The van der Waals surface area contributed by atoms with E-state index in [0.29, 0.717) is 6.61 Å². The molecule has 1 aliphatic rings. The standard InChI is InChI=1S/C15H21NO3/c1-3-11(2)16(9-15(17)18)8-12-10-19-14-7-5-4-6-13(12)14/h4-7,11-12H,3,8-10H2,1-2H3,(H,17,18). The van der Waals surface area contributed by atoms with E-state index >= 15 is 0 Å². The molecule has 0 bridgehead atoms. The number of carboxylic acid groups (broad SMARTS) is 1.